The lowest BCUT2D eigenvalue weighted by Crippen LogP contribution is -2.55. The molecule has 11 heteroatoms. The van der Waals surface area contributed by atoms with Crippen LogP contribution in [0.5, 0.6) is 0 Å². The summed E-state index contributed by atoms with van der Waals surface area (Å²) in [6, 6.07) is -3.68. The van der Waals surface area contributed by atoms with Gasteiger partial charge in [0, 0.05) is 6.42 Å². The van der Waals surface area contributed by atoms with Crippen LogP contribution in [0.1, 0.15) is 32.1 Å². The molecule has 0 saturated heterocycles. The van der Waals surface area contributed by atoms with Crippen LogP contribution in [0.25, 0.3) is 0 Å². The number of hydrogen-bond acceptors (Lipinski definition) is 7. The Labute approximate surface area is 144 Å². The number of nitrogens with one attached hydrogen (secondary N) is 2. The van der Waals surface area contributed by atoms with Gasteiger partial charge in [0.25, 0.3) is 0 Å². The molecule has 0 rings (SSSR count). The van der Waals surface area contributed by atoms with Gasteiger partial charge in [0.15, 0.2) is 0 Å². The number of rotatable bonds is 13. The second kappa shape index (κ2) is 12.2. The quantitative estimate of drug-likeness (QED) is 0.171. The van der Waals surface area contributed by atoms with Crippen molar-refractivity contribution < 1.29 is 34.5 Å². The number of aliphatic carboxylic acids is 2. The number of aliphatic hydroxyl groups excluding tert-OH is 1. The first-order chi connectivity index (χ1) is 11.7. The maximum absolute atomic E-state index is 12.3. The van der Waals surface area contributed by atoms with E-state index in [0.717, 1.165) is 0 Å². The smallest absolute Gasteiger partial charge is 0.326 e. The minimum atomic E-state index is -1.40. The Hall–Kier alpha value is -2.24. The number of carboxylic acids is 2. The number of aliphatic hydroxyl groups is 1. The lowest BCUT2D eigenvalue weighted by atomic mass is 10.1. The predicted molar refractivity (Wildman–Crippen MR) is 86.3 cm³/mol. The lowest BCUT2D eigenvalue weighted by Gasteiger charge is -2.22. The lowest BCUT2D eigenvalue weighted by molar-refractivity contribution is -0.143. The van der Waals surface area contributed by atoms with Gasteiger partial charge in [0.1, 0.15) is 18.1 Å². The molecular formula is C14H26N4O7. The second-order valence-electron chi connectivity index (χ2n) is 5.47. The van der Waals surface area contributed by atoms with Crippen LogP contribution in [-0.4, -0.2) is 70.3 Å². The van der Waals surface area contributed by atoms with E-state index in [9.17, 15) is 19.2 Å². The van der Waals surface area contributed by atoms with Crippen LogP contribution in [0.15, 0.2) is 0 Å². The van der Waals surface area contributed by atoms with Crippen LogP contribution >= 0.6 is 0 Å². The molecule has 0 spiro atoms. The molecule has 0 heterocycles. The van der Waals surface area contributed by atoms with E-state index in [2.05, 4.69) is 10.6 Å². The van der Waals surface area contributed by atoms with Crippen LogP contribution in [0.4, 0.5) is 0 Å². The van der Waals surface area contributed by atoms with Crippen LogP contribution in [-0.2, 0) is 19.2 Å². The molecule has 0 aliphatic rings. The third kappa shape index (κ3) is 9.59. The number of carbonyl (C=O) groups is 4. The van der Waals surface area contributed by atoms with Gasteiger partial charge in [-0.1, -0.05) is 0 Å². The minimum absolute atomic E-state index is 0.193. The Bertz CT molecular complexity index is 472. The molecule has 0 radical (unpaired) electrons. The van der Waals surface area contributed by atoms with Crippen molar-refractivity contribution >= 4 is 23.8 Å². The fourth-order valence-corrected chi connectivity index (χ4v) is 1.92. The molecule has 0 aliphatic heterocycles. The van der Waals surface area contributed by atoms with Crippen molar-refractivity contribution in [3.63, 3.8) is 0 Å². The fourth-order valence-electron chi connectivity index (χ4n) is 1.92. The van der Waals surface area contributed by atoms with Gasteiger partial charge in [0.2, 0.25) is 11.8 Å². The van der Waals surface area contributed by atoms with E-state index in [1.165, 1.54) is 0 Å². The Morgan fingerprint density at radius 2 is 1.52 bits per heavy atom. The molecule has 0 aromatic carbocycles. The Morgan fingerprint density at radius 3 is 2.00 bits per heavy atom. The second-order valence-corrected chi connectivity index (χ2v) is 5.47. The highest BCUT2D eigenvalue weighted by atomic mass is 16.4. The number of nitrogens with two attached hydrogens (primary N) is 2. The highest BCUT2D eigenvalue weighted by molar-refractivity contribution is 5.91. The summed E-state index contributed by atoms with van der Waals surface area (Å²) >= 11 is 0. The van der Waals surface area contributed by atoms with E-state index in [0.29, 0.717) is 19.4 Å². The predicted octanol–water partition coefficient (Wildman–Crippen LogP) is -2.65. The summed E-state index contributed by atoms with van der Waals surface area (Å²) in [7, 11) is 0. The number of carboxylic acid groups (broad SMARTS) is 2. The van der Waals surface area contributed by atoms with Crippen molar-refractivity contribution in [2.45, 2.75) is 50.2 Å². The first kappa shape index (κ1) is 22.8. The van der Waals surface area contributed by atoms with E-state index in [-0.39, 0.29) is 12.8 Å². The maximum Gasteiger partial charge on any atom is 0.326 e. The first-order valence-electron chi connectivity index (χ1n) is 7.84. The molecule has 0 saturated carbocycles. The standard InChI is InChI=1S/C14H26N4O7/c15-6-2-1-3-9(17-12(22)8(16)7-19)13(23)18-10(14(24)25)4-5-11(20)21/h8-10,19H,1-7,15-16H2,(H,17,22)(H,18,23)(H,20,21)(H,24,25)/t8-,9-,10-/m0/s1. The van der Waals surface area contributed by atoms with Gasteiger partial charge in [-0.25, -0.2) is 4.79 Å². The molecule has 0 bridgehead atoms. The first-order valence-corrected chi connectivity index (χ1v) is 7.84. The fraction of sp³-hybridized carbons (Fsp3) is 0.714. The van der Waals surface area contributed by atoms with Crippen LogP contribution in [0, 0.1) is 0 Å². The molecule has 144 valence electrons. The van der Waals surface area contributed by atoms with Crippen molar-refractivity contribution in [2.75, 3.05) is 13.2 Å². The molecule has 0 unspecified atom stereocenters. The summed E-state index contributed by atoms with van der Waals surface area (Å²) in [5.74, 6) is -4.10. The summed E-state index contributed by atoms with van der Waals surface area (Å²) in [5.41, 5.74) is 10.8. The molecule has 25 heavy (non-hydrogen) atoms. The largest absolute Gasteiger partial charge is 0.481 e. The van der Waals surface area contributed by atoms with Gasteiger partial charge in [-0.2, -0.15) is 0 Å². The van der Waals surface area contributed by atoms with Crippen LogP contribution < -0.4 is 22.1 Å². The number of unbranched alkanes of at least 4 members (excludes halogenated alkanes) is 1. The Kier molecular flexibility index (Phi) is 11.1. The van der Waals surface area contributed by atoms with Gasteiger partial charge in [0.05, 0.1) is 6.61 Å². The molecule has 9 N–H and O–H groups in total. The summed E-state index contributed by atoms with van der Waals surface area (Å²) in [4.78, 5) is 45.7. The monoisotopic (exact) mass is 362 g/mol. The summed E-state index contributed by atoms with van der Waals surface area (Å²) in [6.07, 6.45) is 0.550. The maximum atomic E-state index is 12.3. The van der Waals surface area contributed by atoms with Gasteiger partial charge >= 0.3 is 11.9 Å². The van der Waals surface area contributed by atoms with Crippen molar-refractivity contribution in [1.29, 1.82) is 0 Å². The third-order valence-electron chi connectivity index (χ3n) is 3.37. The molecule has 0 aliphatic carbocycles. The summed E-state index contributed by atoms with van der Waals surface area (Å²) < 4.78 is 0. The molecular weight excluding hydrogens is 336 g/mol. The van der Waals surface area contributed by atoms with Gasteiger partial charge < -0.3 is 37.4 Å². The number of carbonyl (C=O) groups excluding carboxylic acids is 2. The SMILES string of the molecule is NCCCC[C@H](NC(=O)[C@@H](N)CO)C(=O)N[C@@H](CCC(=O)O)C(=O)O. The molecule has 0 aromatic heterocycles. The summed E-state index contributed by atoms with van der Waals surface area (Å²) in [5, 5.41) is 31.1. The molecule has 11 nitrogen and oxygen atoms in total. The zero-order chi connectivity index (χ0) is 19.4. The van der Waals surface area contributed by atoms with Gasteiger partial charge in [-0.15, -0.1) is 0 Å². The molecule has 2 amide bonds. The van der Waals surface area contributed by atoms with Crippen LogP contribution in [0.2, 0.25) is 0 Å². The van der Waals surface area contributed by atoms with Crippen molar-refractivity contribution in [3.05, 3.63) is 0 Å². The van der Waals surface area contributed by atoms with E-state index < -0.39 is 54.9 Å². The zero-order valence-corrected chi connectivity index (χ0v) is 13.8. The Morgan fingerprint density at radius 1 is 0.920 bits per heavy atom. The highest BCUT2D eigenvalue weighted by Gasteiger charge is 2.27. The minimum Gasteiger partial charge on any atom is -0.481 e. The average Bonchev–Trinajstić information content (AvgIpc) is 2.56. The normalized spacial score (nSPS) is 14.2. The van der Waals surface area contributed by atoms with Crippen molar-refractivity contribution in [2.24, 2.45) is 11.5 Å². The number of amides is 2. The van der Waals surface area contributed by atoms with E-state index in [1.54, 1.807) is 0 Å². The Balaban J connectivity index is 4.93. The van der Waals surface area contributed by atoms with Crippen LogP contribution in [0.3, 0.4) is 0 Å². The summed E-state index contributed by atoms with van der Waals surface area (Å²) in [6.45, 7) is -0.228. The van der Waals surface area contributed by atoms with E-state index in [1.807, 2.05) is 0 Å². The number of hydrogen-bond donors (Lipinski definition) is 7. The molecule has 0 fully saturated rings. The zero-order valence-electron chi connectivity index (χ0n) is 13.8. The van der Waals surface area contributed by atoms with E-state index >= 15 is 0 Å². The van der Waals surface area contributed by atoms with E-state index in [4.69, 9.17) is 26.8 Å². The van der Waals surface area contributed by atoms with Crippen molar-refractivity contribution in [3.8, 4) is 0 Å². The van der Waals surface area contributed by atoms with Gasteiger partial charge in [-0.3, -0.25) is 14.4 Å². The molecule has 3 atom stereocenters. The average molecular weight is 362 g/mol. The topological polar surface area (TPSA) is 205 Å². The van der Waals surface area contributed by atoms with Crippen molar-refractivity contribution in [1.82, 2.24) is 10.6 Å². The van der Waals surface area contributed by atoms with Gasteiger partial charge in [-0.05, 0) is 32.2 Å². The highest BCUT2D eigenvalue weighted by Crippen LogP contribution is 2.04. The third-order valence-corrected chi connectivity index (χ3v) is 3.37. The molecule has 0 aromatic rings.